The maximum absolute atomic E-state index is 10.0. The van der Waals surface area contributed by atoms with Crippen LogP contribution in [0.5, 0.6) is 0 Å². The molecule has 4 rings (SSSR count). The first-order valence-electron chi connectivity index (χ1n) is 9.47. The molecule has 2 nitrogen and oxygen atoms in total. The quantitative estimate of drug-likeness (QED) is 0.518. The molecule has 6 atom stereocenters. The summed E-state index contributed by atoms with van der Waals surface area (Å²) in [4.78, 5) is 0. The van der Waals surface area contributed by atoms with Crippen molar-refractivity contribution in [2.24, 2.45) is 28.6 Å². The molecule has 3 fully saturated rings. The molecule has 0 aliphatic heterocycles. The lowest BCUT2D eigenvalue weighted by Gasteiger charge is -2.58. The van der Waals surface area contributed by atoms with Gasteiger partial charge in [-0.1, -0.05) is 31.1 Å². The van der Waals surface area contributed by atoms with Crippen LogP contribution in [-0.2, 0) is 0 Å². The number of hydrogen-bond donors (Lipinski definition) is 1. The van der Waals surface area contributed by atoms with E-state index in [0.29, 0.717) is 5.41 Å². The molecule has 0 aromatic rings. The summed E-state index contributed by atoms with van der Waals surface area (Å²) >= 11 is 0. The van der Waals surface area contributed by atoms with E-state index in [1.807, 2.05) is 6.08 Å². The van der Waals surface area contributed by atoms with Crippen LogP contribution in [0, 0.1) is 39.9 Å². The van der Waals surface area contributed by atoms with Crippen LogP contribution in [0.3, 0.4) is 0 Å². The van der Waals surface area contributed by atoms with Gasteiger partial charge < -0.3 is 5.11 Å². The Kier molecular flexibility index (Phi) is 3.50. The maximum Gasteiger partial charge on any atom is 0.0911 e. The van der Waals surface area contributed by atoms with Gasteiger partial charge in [0.05, 0.1) is 12.2 Å². The second-order valence-corrected chi connectivity index (χ2v) is 8.92. The van der Waals surface area contributed by atoms with Crippen LogP contribution in [-0.4, -0.2) is 11.2 Å². The number of aliphatic hydroxyl groups is 1. The normalized spacial score (nSPS) is 50.5. The van der Waals surface area contributed by atoms with Crippen molar-refractivity contribution in [1.29, 1.82) is 5.26 Å². The molecule has 0 radical (unpaired) electrons. The summed E-state index contributed by atoms with van der Waals surface area (Å²) < 4.78 is 0. The molecule has 0 aromatic heterocycles. The summed E-state index contributed by atoms with van der Waals surface area (Å²) in [5, 5.41) is 19.2. The third-order valence-corrected chi connectivity index (χ3v) is 8.18. The predicted octanol–water partition coefficient (Wildman–Crippen LogP) is 4.76. The van der Waals surface area contributed by atoms with E-state index in [2.05, 4.69) is 26.0 Å². The van der Waals surface area contributed by atoms with Crippen molar-refractivity contribution >= 4 is 0 Å². The SMILES string of the molecule is CC12CCC(O)C=C1CCC1C2CCC2(C)C(=CC#N)CCC12. The van der Waals surface area contributed by atoms with Crippen LogP contribution in [0.2, 0.25) is 0 Å². The largest absolute Gasteiger partial charge is 0.389 e. The Balaban J connectivity index is 1.67. The zero-order valence-corrected chi connectivity index (χ0v) is 14.5. The van der Waals surface area contributed by atoms with Crippen LogP contribution in [0.1, 0.15) is 65.2 Å². The lowest BCUT2D eigenvalue weighted by atomic mass is 9.47. The van der Waals surface area contributed by atoms with Crippen LogP contribution in [0.25, 0.3) is 0 Å². The van der Waals surface area contributed by atoms with E-state index in [9.17, 15) is 5.11 Å². The average molecular weight is 311 g/mol. The van der Waals surface area contributed by atoms with E-state index in [-0.39, 0.29) is 11.5 Å². The first-order chi connectivity index (χ1) is 11.0. The summed E-state index contributed by atoms with van der Waals surface area (Å²) in [5.41, 5.74) is 3.58. The summed E-state index contributed by atoms with van der Waals surface area (Å²) in [7, 11) is 0. The lowest BCUT2D eigenvalue weighted by molar-refractivity contribution is -0.0313. The van der Waals surface area contributed by atoms with E-state index in [4.69, 9.17) is 5.26 Å². The van der Waals surface area contributed by atoms with Crippen LogP contribution in [0.15, 0.2) is 23.3 Å². The molecule has 0 heterocycles. The van der Waals surface area contributed by atoms with Gasteiger partial charge in [0.1, 0.15) is 0 Å². The van der Waals surface area contributed by atoms with Crippen molar-refractivity contribution in [2.75, 3.05) is 0 Å². The molecule has 124 valence electrons. The van der Waals surface area contributed by atoms with Crippen molar-refractivity contribution in [3.8, 4) is 6.07 Å². The number of allylic oxidation sites excluding steroid dienone is 3. The minimum absolute atomic E-state index is 0.208. The lowest BCUT2D eigenvalue weighted by Crippen LogP contribution is -2.49. The first-order valence-corrected chi connectivity index (χ1v) is 9.47. The Morgan fingerprint density at radius 1 is 1.09 bits per heavy atom. The Hall–Kier alpha value is -1.07. The number of aliphatic hydroxyl groups excluding tert-OH is 1. The number of nitriles is 1. The van der Waals surface area contributed by atoms with Crippen LogP contribution >= 0.6 is 0 Å². The fraction of sp³-hybridized carbons (Fsp3) is 0.762. The van der Waals surface area contributed by atoms with Gasteiger partial charge in [-0.05, 0) is 80.0 Å². The van der Waals surface area contributed by atoms with E-state index >= 15 is 0 Å². The zero-order chi connectivity index (χ0) is 16.2. The van der Waals surface area contributed by atoms with Crippen LogP contribution in [0.4, 0.5) is 0 Å². The second-order valence-electron chi connectivity index (χ2n) is 8.92. The topological polar surface area (TPSA) is 44.0 Å². The van der Waals surface area contributed by atoms with Crippen LogP contribution < -0.4 is 0 Å². The Bertz CT molecular complexity index is 612. The monoisotopic (exact) mass is 311 g/mol. The summed E-state index contributed by atoms with van der Waals surface area (Å²) in [5.74, 6) is 2.37. The van der Waals surface area contributed by atoms with E-state index < -0.39 is 0 Å². The maximum atomic E-state index is 10.0. The highest BCUT2D eigenvalue weighted by atomic mass is 16.3. The number of nitrogens with zero attached hydrogens (tertiary/aromatic N) is 1. The van der Waals surface area contributed by atoms with Gasteiger partial charge in [-0.15, -0.1) is 0 Å². The van der Waals surface area contributed by atoms with E-state index in [1.54, 1.807) is 5.57 Å². The molecule has 1 N–H and O–H groups in total. The second kappa shape index (κ2) is 5.21. The Morgan fingerprint density at radius 3 is 2.61 bits per heavy atom. The first kappa shape index (κ1) is 15.5. The molecule has 0 bridgehead atoms. The molecular formula is C21H29NO. The van der Waals surface area contributed by atoms with Crippen molar-refractivity contribution in [1.82, 2.24) is 0 Å². The molecule has 23 heavy (non-hydrogen) atoms. The molecule has 0 saturated heterocycles. The highest BCUT2D eigenvalue weighted by Gasteiger charge is 2.57. The van der Waals surface area contributed by atoms with Gasteiger partial charge in [-0.3, -0.25) is 0 Å². The molecule has 0 spiro atoms. The Morgan fingerprint density at radius 2 is 1.83 bits per heavy atom. The van der Waals surface area contributed by atoms with Gasteiger partial charge in [0, 0.05) is 6.08 Å². The van der Waals surface area contributed by atoms with Gasteiger partial charge in [0.25, 0.3) is 0 Å². The van der Waals surface area contributed by atoms with Crippen molar-refractivity contribution in [3.63, 3.8) is 0 Å². The molecule has 4 aliphatic carbocycles. The third-order valence-electron chi connectivity index (χ3n) is 8.18. The minimum Gasteiger partial charge on any atom is -0.389 e. The standard InChI is InChI=1S/C21H29NO/c1-20-11-8-19-17(18(20)6-4-14(20)9-12-22)5-3-15-13-16(23)7-10-21(15,19)2/h9,13,16-19,23H,3-8,10-11H2,1-2H3. The number of fused-ring (bicyclic) bond motifs is 5. The predicted molar refractivity (Wildman–Crippen MR) is 91.4 cm³/mol. The van der Waals surface area contributed by atoms with E-state index in [1.165, 1.54) is 37.7 Å². The molecule has 3 saturated carbocycles. The number of hydrogen-bond acceptors (Lipinski definition) is 2. The van der Waals surface area contributed by atoms with Gasteiger partial charge in [-0.25, -0.2) is 0 Å². The summed E-state index contributed by atoms with van der Waals surface area (Å²) in [6.07, 6.45) is 13.4. The van der Waals surface area contributed by atoms with Crippen molar-refractivity contribution in [3.05, 3.63) is 23.3 Å². The zero-order valence-electron chi connectivity index (χ0n) is 14.5. The number of rotatable bonds is 0. The molecule has 0 aromatic carbocycles. The smallest absolute Gasteiger partial charge is 0.0911 e. The van der Waals surface area contributed by atoms with Gasteiger partial charge >= 0.3 is 0 Å². The summed E-state index contributed by atoms with van der Waals surface area (Å²) in [6, 6.07) is 2.30. The van der Waals surface area contributed by atoms with Gasteiger partial charge in [0.2, 0.25) is 0 Å². The fourth-order valence-electron chi connectivity index (χ4n) is 6.87. The minimum atomic E-state index is -0.208. The van der Waals surface area contributed by atoms with Crippen molar-refractivity contribution < 1.29 is 5.11 Å². The molecule has 2 heteroatoms. The van der Waals surface area contributed by atoms with Crippen molar-refractivity contribution in [2.45, 2.75) is 71.3 Å². The average Bonchev–Trinajstić information content (AvgIpc) is 2.85. The molecule has 0 amide bonds. The Labute approximate surface area is 140 Å². The molecular weight excluding hydrogens is 282 g/mol. The highest BCUT2D eigenvalue weighted by Crippen LogP contribution is 2.66. The fourth-order valence-corrected chi connectivity index (χ4v) is 6.87. The third kappa shape index (κ3) is 2.09. The van der Waals surface area contributed by atoms with Gasteiger partial charge in [0.15, 0.2) is 0 Å². The highest BCUT2D eigenvalue weighted by molar-refractivity contribution is 5.31. The summed E-state index contributed by atoms with van der Waals surface area (Å²) in [6.45, 7) is 4.91. The molecule has 6 unspecified atom stereocenters. The molecule has 4 aliphatic rings. The van der Waals surface area contributed by atoms with E-state index in [0.717, 1.165) is 37.0 Å². The van der Waals surface area contributed by atoms with Gasteiger partial charge in [-0.2, -0.15) is 5.26 Å².